The number of carbonyl (C=O) groups excluding carboxylic acids is 1. The second kappa shape index (κ2) is 6.24. The Balaban J connectivity index is 1.83. The van der Waals surface area contributed by atoms with E-state index in [4.69, 9.17) is 5.26 Å². The van der Waals surface area contributed by atoms with Gasteiger partial charge >= 0.3 is 0 Å². The van der Waals surface area contributed by atoms with Crippen LogP contribution in [0.2, 0.25) is 0 Å². The first-order chi connectivity index (χ1) is 11.9. The lowest BCUT2D eigenvalue weighted by Gasteiger charge is -2.24. The molecule has 0 aliphatic heterocycles. The summed E-state index contributed by atoms with van der Waals surface area (Å²) in [7, 11) is 0. The lowest BCUT2D eigenvalue weighted by atomic mass is 10.1. The molecule has 0 atom stereocenters. The van der Waals surface area contributed by atoms with Gasteiger partial charge in [0.2, 0.25) is 0 Å². The highest BCUT2D eigenvalue weighted by molar-refractivity contribution is 6.04. The molecule has 0 spiro atoms. The first-order valence-electron chi connectivity index (χ1n) is 7.79. The van der Waals surface area contributed by atoms with Gasteiger partial charge in [0.05, 0.1) is 23.6 Å². The number of nitrogens with one attached hydrogen (secondary N) is 1. The topological polar surface area (TPSA) is 88.5 Å². The standard InChI is InChI=1S/C18H18N6O/c1-18(2,3)23-12-13(11-19)10-16(23)21-17(25)14-4-6-15(7-5-14)24-9-8-20-22-24/h4-10,12H,1-3H3,(H,21,25). The van der Waals surface area contributed by atoms with Gasteiger partial charge in [0.15, 0.2) is 0 Å². The van der Waals surface area contributed by atoms with Crippen LogP contribution < -0.4 is 5.32 Å². The highest BCUT2D eigenvalue weighted by Gasteiger charge is 2.19. The van der Waals surface area contributed by atoms with E-state index in [2.05, 4.69) is 21.7 Å². The highest BCUT2D eigenvalue weighted by Crippen LogP contribution is 2.24. The molecule has 1 amide bonds. The maximum absolute atomic E-state index is 12.5. The van der Waals surface area contributed by atoms with Gasteiger partial charge in [0, 0.05) is 17.3 Å². The minimum absolute atomic E-state index is 0.238. The number of hydrogen-bond donors (Lipinski definition) is 1. The van der Waals surface area contributed by atoms with Crippen molar-refractivity contribution in [2.75, 3.05) is 5.32 Å². The normalized spacial score (nSPS) is 11.1. The molecule has 0 aliphatic carbocycles. The molecule has 25 heavy (non-hydrogen) atoms. The van der Waals surface area contributed by atoms with Gasteiger partial charge in [-0.15, -0.1) is 5.10 Å². The fourth-order valence-electron chi connectivity index (χ4n) is 2.48. The molecule has 3 aromatic rings. The van der Waals surface area contributed by atoms with E-state index in [-0.39, 0.29) is 11.4 Å². The van der Waals surface area contributed by atoms with Crippen LogP contribution in [-0.2, 0) is 5.54 Å². The fraction of sp³-hybridized carbons (Fsp3) is 0.222. The largest absolute Gasteiger partial charge is 0.328 e. The van der Waals surface area contributed by atoms with E-state index >= 15 is 0 Å². The summed E-state index contributed by atoms with van der Waals surface area (Å²) >= 11 is 0. The van der Waals surface area contributed by atoms with Crippen molar-refractivity contribution in [3.05, 3.63) is 60.0 Å². The van der Waals surface area contributed by atoms with E-state index in [1.54, 1.807) is 53.6 Å². The summed E-state index contributed by atoms with van der Waals surface area (Å²) in [4.78, 5) is 12.5. The lowest BCUT2D eigenvalue weighted by Crippen LogP contribution is -2.24. The van der Waals surface area contributed by atoms with E-state index in [0.717, 1.165) is 5.69 Å². The smallest absolute Gasteiger partial charge is 0.256 e. The van der Waals surface area contributed by atoms with Crippen molar-refractivity contribution in [3.63, 3.8) is 0 Å². The van der Waals surface area contributed by atoms with Gasteiger partial charge in [-0.1, -0.05) is 5.21 Å². The van der Waals surface area contributed by atoms with E-state index in [1.165, 1.54) is 0 Å². The maximum atomic E-state index is 12.5. The van der Waals surface area contributed by atoms with Crippen LogP contribution in [0, 0.1) is 11.3 Å². The van der Waals surface area contributed by atoms with Crippen LogP contribution in [0.25, 0.3) is 5.69 Å². The van der Waals surface area contributed by atoms with Crippen LogP contribution in [-0.4, -0.2) is 25.5 Å². The van der Waals surface area contributed by atoms with Gasteiger partial charge in [-0.2, -0.15) is 5.26 Å². The number of aromatic nitrogens is 4. The van der Waals surface area contributed by atoms with E-state index < -0.39 is 0 Å². The molecule has 1 N–H and O–H groups in total. The van der Waals surface area contributed by atoms with E-state index in [9.17, 15) is 4.79 Å². The molecule has 1 aromatic carbocycles. The molecule has 126 valence electrons. The Bertz CT molecular complexity index is 924. The molecule has 3 rings (SSSR count). The van der Waals surface area contributed by atoms with Crippen LogP contribution in [0.4, 0.5) is 5.82 Å². The second-order valence-corrected chi connectivity index (χ2v) is 6.62. The molecule has 0 fully saturated rings. The first kappa shape index (κ1) is 16.5. The summed E-state index contributed by atoms with van der Waals surface area (Å²) in [5.41, 5.74) is 1.59. The summed E-state index contributed by atoms with van der Waals surface area (Å²) in [6.45, 7) is 6.03. The van der Waals surface area contributed by atoms with Gasteiger partial charge in [-0.3, -0.25) is 4.79 Å². The van der Waals surface area contributed by atoms with Crippen LogP contribution in [0.3, 0.4) is 0 Å². The Labute approximate surface area is 145 Å². The number of amides is 1. The Morgan fingerprint density at radius 3 is 2.52 bits per heavy atom. The molecule has 0 bridgehead atoms. The third kappa shape index (κ3) is 3.43. The van der Waals surface area contributed by atoms with Crippen molar-refractivity contribution in [2.45, 2.75) is 26.3 Å². The predicted molar refractivity (Wildman–Crippen MR) is 93.5 cm³/mol. The lowest BCUT2D eigenvalue weighted by molar-refractivity contribution is 0.102. The SMILES string of the molecule is CC(C)(C)n1cc(C#N)cc1NC(=O)c1ccc(-n2ccnn2)cc1. The van der Waals surface area contributed by atoms with E-state index in [0.29, 0.717) is 16.9 Å². The fourth-order valence-corrected chi connectivity index (χ4v) is 2.48. The summed E-state index contributed by atoms with van der Waals surface area (Å²) in [6.07, 6.45) is 5.06. The molecule has 0 saturated carbocycles. The summed E-state index contributed by atoms with van der Waals surface area (Å²) in [5, 5.41) is 19.7. The highest BCUT2D eigenvalue weighted by atomic mass is 16.1. The number of nitriles is 1. The zero-order valence-corrected chi connectivity index (χ0v) is 14.3. The number of benzene rings is 1. The number of hydrogen-bond acceptors (Lipinski definition) is 4. The quantitative estimate of drug-likeness (QED) is 0.797. The molecular weight excluding hydrogens is 316 g/mol. The molecule has 0 radical (unpaired) electrons. The monoisotopic (exact) mass is 334 g/mol. The van der Waals surface area contributed by atoms with Gasteiger partial charge in [0.1, 0.15) is 11.9 Å². The third-order valence-electron chi connectivity index (χ3n) is 3.73. The molecule has 0 aliphatic rings. The van der Waals surface area contributed by atoms with Crippen molar-refractivity contribution < 1.29 is 4.79 Å². The Hall–Kier alpha value is -3.40. The van der Waals surface area contributed by atoms with Crippen molar-refractivity contribution >= 4 is 11.7 Å². The average molecular weight is 334 g/mol. The zero-order valence-electron chi connectivity index (χ0n) is 14.3. The molecule has 7 nitrogen and oxygen atoms in total. The van der Waals surface area contributed by atoms with Gasteiger partial charge in [0.25, 0.3) is 5.91 Å². The number of rotatable bonds is 3. The third-order valence-corrected chi connectivity index (χ3v) is 3.73. The van der Waals surface area contributed by atoms with E-state index in [1.807, 2.05) is 25.3 Å². The minimum atomic E-state index is -0.255. The first-order valence-corrected chi connectivity index (χ1v) is 7.79. The van der Waals surface area contributed by atoms with Crippen LogP contribution in [0.5, 0.6) is 0 Å². The van der Waals surface area contributed by atoms with Gasteiger partial charge < -0.3 is 9.88 Å². The predicted octanol–water partition coefficient (Wildman–Crippen LogP) is 2.95. The maximum Gasteiger partial charge on any atom is 0.256 e. The van der Waals surface area contributed by atoms with Crippen LogP contribution in [0.15, 0.2) is 48.9 Å². The Morgan fingerprint density at radius 1 is 1.24 bits per heavy atom. The van der Waals surface area contributed by atoms with Crippen molar-refractivity contribution in [3.8, 4) is 11.8 Å². The summed E-state index contributed by atoms with van der Waals surface area (Å²) < 4.78 is 3.50. The van der Waals surface area contributed by atoms with Crippen molar-refractivity contribution in [1.82, 2.24) is 19.6 Å². The molecule has 2 heterocycles. The minimum Gasteiger partial charge on any atom is -0.328 e. The number of nitrogens with zero attached hydrogens (tertiary/aromatic N) is 5. The number of anilines is 1. The average Bonchev–Trinajstić information content (AvgIpc) is 3.24. The zero-order chi connectivity index (χ0) is 18.0. The van der Waals surface area contributed by atoms with Crippen LogP contribution >= 0.6 is 0 Å². The molecule has 7 heteroatoms. The Kier molecular flexibility index (Phi) is 4.11. The number of carbonyl (C=O) groups is 1. The second-order valence-electron chi connectivity index (χ2n) is 6.62. The van der Waals surface area contributed by atoms with Crippen LogP contribution in [0.1, 0.15) is 36.7 Å². The molecular formula is C18H18N6O. The van der Waals surface area contributed by atoms with Gasteiger partial charge in [-0.25, -0.2) is 4.68 Å². The molecule has 0 saturated heterocycles. The Morgan fingerprint density at radius 2 is 1.96 bits per heavy atom. The molecule has 2 aromatic heterocycles. The van der Waals surface area contributed by atoms with Crippen molar-refractivity contribution in [1.29, 1.82) is 5.26 Å². The van der Waals surface area contributed by atoms with Crippen molar-refractivity contribution in [2.24, 2.45) is 0 Å². The van der Waals surface area contributed by atoms with Gasteiger partial charge in [-0.05, 0) is 51.1 Å². The summed E-state index contributed by atoms with van der Waals surface area (Å²) in [5.74, 6) is 0.354. The summed E-state index contributed by atoms with van der Waals surface area (Å²) in [6, 6.07) is 10.8. The molecule has 0 unspecified atom stereocenters.